The Hall–Kier alpha value is -1.69. The topological polar surface area (TPSA) is 87.7 Å². The van der Waals surface area contributed by atoms with Gasteiger partial charge in [0.15, 0.2) is 5.84 Å². The SMILES string of the molecule is N/C(=N/O)c1cccc(C(=O)NCC2CCCS2)c1. The average Bonchev–Trinajstić information content (AvgIpc) is 2.97. The molecular weight excluding hydrogens is 262 g/mol. The molecule has 102 valence electrons. The van der Waals surface area contributed by atoms with E-state index >= 15 is 0 Å². The van der Waals surface area contributed by atoms with Crippen LogP contribution in [0.4, 0.5) is 0 Å². The van der Waals surface area contributed by atoms with Crippen molar-refractivity contribution in [2.24, 2.45) is 10.9 Å². The Bertz CT molecular complexity index is 485. The number of oxime groups is 1. The fourth-order valence-electron chi connectivity index (χ4n) is 1.99. The molecule has 0 aliphatic carbocycles. The molecule has 1 aliphatic rings. The van der Waals surface area contributed by atoms with E-state index in [0.717, 1.165) is 6.42 Å². The quantitative estimate of drug-likeness (QED) is 0.336. The highest BCUT2D eigenvalue weighted by molar-refractivity contribution is 8.00. The molecule has 1 atom stereocenters. The monoisotopic (exact) mass is 279 g/mol. The van der Waals surface area contributed by atoms with Crippen LogP contribution in [0.25, 0.3) is 0 Å². The molecule has 4 N–H and O–H groups in total. The summed E-state index contributed by atoms with van der Waals surface area (Å²) in [7, 11) is 0. The fourth-order valence-corrected chi connectivity index (χ4v) is 3.19. The predicted octanol–water partition coefficient (Wildman–Crippen LogP) is 1.41. The molecule has 1 aliphatic heterocycles. The molecule has 6 heteroatoms. The maximum Gasteiger partial charge on any atom is 0.251 e. The van der Waals surface area contributed by atoms with E-state index in [1.165, 1.54) is 12.2 Å². The number of carbonyl (C=O) groups is 1. The van der Waals surface area contributed by atoms with Gasteiger partial charge in [-0.25, -0.2) is 0 Å². The van der Waals surface area contributed by atoms with Gasteiger partial charge in [0, 0.05) is 22.9 Å². The summed E-state index contributed by atoms with van der Waals surface area (Å²) in [6.07, 6.45) is 2.39. The fraction of sp³-hybridized carbons (Fsp3) is 0.385. The molecule has 1 fully saturated rings. The molecule has 1 unspecified atom stereocenters. The summed E-state index contributed by atoms with van der Waals surface area (Å²) in [5.41, 5.74) is 6.55. The van der Waals surface area contributed by atoms with Crippen LogP contribution < -0.4 is 11.1 Å². The molecule has 19 heavy (non-hydrogen) atoms. The summed E-state index contributed by atoms with van der Waals surface area (Å²) in [5.74, 6) is 1.06. The molecule has 0 spiro atoms. The van der Waals surface area contributed by atoms with Gasteiger partial charge in [-0.2, -0.15) is 11.8 Å². The number of rotatable bonds is 4. The van der Waals surface area contributed by atoms with Crippen molar-refractivity contribution in [2.45, 2.75) is 18.1 Å². The lowest BCUT2D eigenvalue weighted by atomic mass is 10.1. The van der Waals surface area contributed by atoms with Crippen molar-refractivity contribution in [3.05, 3.63) is 35.4 Å². The van der Waals surface area contributed by atoms with E-state index in [2.05, 4.69) is 10.5 Å². The van der Waals surface area contributed by atoms with Crippen LogP contribution in [0.3, 0.4) is 0 Å². The third kappa shape index (κ3) is 3.64. The molecule has 1 aromatic carbocycles. The zero-order valence-corrected chi connectivity index (χ0v) is 11.3. The van der Waals surface area contributed by atoms with Gasteiger partial charge in [-0.15, -0.1) is 0 Å². The number of amidine groups is 1. The highest BCUT2D eigenvalue weighted by atomic mass is 32.2. The summed E-state index contributed by atoms with van der Waals surface area (Å²) in [5, 5.41) is 15.0. The normalized spacial score (nSPS) is 19.4. The lowest BCUT2D eigenvalue weighted by Gasteiger charge is -2.10. The molecule has 0 radical (unpaired) electrons. The summed E-state index contributed by atoms with van der Waals surface area (Å²) in [6, 6.07) is 6.74. The van der Waals surface area contributed by atoms with E-state index in [1.54, 1.807) is 24.3 Å². The maximum atomic E-state index is 12.0. The lowest BCUT2D eigenvalue weighted by Crippen LogP contribution is -2.30. The van der Waals surface area contributed by atoms with Crippen molar-refractivity contribution >= 4 is 23.5 Å². The van der Waals surface area contributed by atoms with Gasteiger partial charge in [-0.1, -0.05) is 17.3 Å². The first-order valence-electron chi connectivity index (χ1n) is 6.18. The average molecular weight is 279 g/mol. The Morgan fingerprint density at radius 2 is 2.32 bits per heavy atom. The smallest absolute Gasteiger partial charge is 0.251 e. The van der Waals surface area contributed by atoms with E-state index in [9.17, 15) is 4.79 Å². The predicted molar refractivity (Wildman–Crippen MR) is 76.8 cm³/mol. The van der Waals surface area contributed by atoms with E-state index in [4.69, 9.17) is 10.9 Å². The van der Waals surface area contributed by atoms with Gasteiger partial charge >= 0.3 is 0 Å². The molecule has 1 heterocycles. The second-order valence-corrected chi connectivity index (χ2v) is 5.82. The molecule has 1 saturated heterocycles. The van der Waals surface area contributed by atoms with Gasteiger partial charge in [-0.3, -0.25) is 4.79 Å². The summed E-state index contributed by atoms with van der Waals surface area (Å²) in [6.45, 7) is 0.692. The summed E-state index contributed by atoms with van der Waals surface area (Å²) in [4.78, 5) is 12.0. The van der Waals surface area contributed by atoms with Crippen LogP contribution in [0.2, 0.25) is 0 Å². The Morgan fingerprint density at radius 1 is 1.53 bits per heavy atom. The minimum atomic E-state index is -0.125. The van der Waals surface area contributed by atoms with Crippen LogP contribution >= 0.6 is 11.8 Å². The first-order valence-corrected chi connectivity index (χ1v) is 7.23. The van der Waals surface area contributed by atoms with Crippen LogP contribution in [-0.4, -0.2) is 34.5 Å². The highest BCUT2D eigenvalue weighted by Crippen LogP contribution is 2.25. The van der Waals surface area contributed by atoms with Crippen molar-refractivity contribution in [3.8, 4) is 0 Å². The van der Waals surface area contributed by atoms with Gasteiger partial charge in [0.05, 0.1) is 0 Å². The van der Waals surface area contributed by atoms with Gasteiger partial charge < -0.3 is 16.3 Å². The Labute approximate surface area is 116 Å². The molecule has 5 nitrogen and oxygen atoms in total. The zero-order chi connectivity index (χ0) is 13.7. The van der Waals surface area contributed by atoms with Gasteiger partial charge in [0.1, 0.15) is 0 Å². The van der Waals surface area contributed by atoms with Crippen molar-refractivity contribution in [1.29, 1.82) is 0 Å². The van der Waals surface area contributed by atoms with Crippen LogP contribution in [0, 0.1) is 0 Å². The molecule has 0 bridgehead atoms. The van der Waals surface area contributed by atoms with E-state index < -0.39 is 0 Å². The standard InChI is InChI=1S/C13H17N3O2S/c14-12(16-18)9-3-1-4-10(7-9)13(17)15-8-11-5-2-6-19-11/h1,3-4,7,11,18H,2,5-6,8H2,(H2,14,16)(H,15,17). The molecule has 0 aromatic heterocycles. The number of nitrogens with two attached hydrogens (primary N) is 1. The number of nitrogens with one attached hydrogen (secondary N) is 1. The molecule has 1 amide bonds. The number of carbonyl (C=O) groups excluding carboxylic acids is 1. The number of nitrogens with zero attached hydrogens (tertiary/aromatic N) is 1. The Balaban J connectivity index is 1.98. The zero-order valence-electron chi connectivity index (χ0n) is 10.5. The van der Waals surface area contributed by atoms with Crippen molar-refractivity contribution in [2.75, 3.05) is 12.3 Å². The molecule has 0 saturated carbocycles. The van der Waals surface area contributed by atoms with Crippen LogP contribution in [0.15, 0.2) is 29.4 Å². The first-order chi connectivity index (χ1) is 9.20. The number of hydrogen-bond acceptors (Lipinski definition) is 4. The highest BCUT2D eigenvalue weighted by Gasteiger charge is 2.16. The largest absolute Gasteiger partial charge is 0.409 e. The number of amides is 1. The first kappa shape index (κ1) is 13.7. The van der Waals surface area contributed by atoms with Gasteiger partial charge in [0.25, 0.3) is 5.91 Å². The minimum Gasteiger partial charge on any atom is -0.409 e. The van der Waals surface area contributed by atoms with Gasteiger partial charge in [0.2, 0.25) is 0 Å². The van der Waals surface area contributed by atoms with E-state index in [-0.39, 0.29) is 11.7 Å². The van der Waals surface area contributed by atoms with E-state index in [1.807, 2.05) is 11.8 Å². The second kappa shape index (κ2) is 6.47. The molecule has 2 rings (SSSR count). The third-order valence-corrected chi connectivity index (χ3v) is 4.44. The lowest BCUT2D eigenvalue weighted by molar-refractivity contribution is 0.0953. The maximum absolute atomic E-state index is 12.0. The number of hydrogen-bond donors (Lipinski definition) is 3. The Kier molecular flexibility index (Phi) is 4.68. The van der Waals surface area contributed by atoms with Crippen LogP contribution in [-0.2, 0) is 0 Å². The van der Waals surface area contributed by atoms with E-state index in [0.29, 0.717) is 22.9 Å². The number of thioether (sulfide) groups is 1. The summed E-state index contributed by atoms with van der Waals surface area (Å²) < 4.78 is 0. The van der Waals surface area contributed by atoms with Crippen molar-refractivity contribution in [3.63, 3.8) is 0 Å². The minimum absolute atomic E-state index is 0.000925. The van der Waals surface area contributed by atoms with Crippen molar-refractivity contribution in [1.82, 2.24) is 5.32 Å². The van der Waals surface area contributed by atoms with Crippen LogP contribution in [0.5, 0.6) is 0 Å². The Morgan fingerprint density at radius 3 is 3.00 bits per heavy atom. The summed E-state index contributed by atoms with van der Waals surface area (Å²) >= 11 is 1.90. The molecular formula is C13H17N3O2S. The third-order valence-electron chi connectivity index (χ3n) is 3.04. The van der Waals surface area contributed by atoms with Crippen LogP contribution in [0.1, 0.15) is 28.8 Å². The number of benzene rings is 1. The van der Waals surface area contributed by atoms with Crippen molar-refractivity contribution < 1.29 is 10.0 Å². The second-order valence-electron chi connectivity index (χ2n) is 4.41. The molecule has 1 aromatic rings. The van der Waals surface area contributed by atoms with Gasteiger partial charge in [-0.05, 0) is 30.7 Å².